The summed E-state index contributed by atoms with van der Waals surface area (Å²) in [6.07, 6.45) is 0. The number of hydrogen-bond donors (Lipinski definition) is 1. The lowest BCUT2D eigenvalue weighted by Crippen LogP contribution is -1.86. The van der Waals surface area contributed by atoms with E-state index in [0.29, 0.717) is 0 Å². The average molecular weight is 256 g/mol. The van der Waals surface area contributed by atoms with Crippen molar-refractivity contribution in [1.82, 2.24) is 4.98 Å². The number of ether oxygens (including phenoxy) is 1. The van der Waals surface area contributed by atoms with E-state index in [1.807, 2.05) is 24.3 Å². The first-order chi connectivity index (χ1) is 8.78. The van der Waals surface area contributed by atoms with E-state index < -0.39 is 0 Å². The third-order valence-electron chi connectivity index (χ3n) is 2.92. The number of hydrogen-bond acceptors (Lipinski definition) is 4. The molecule has 0 spiro atoms. The smallest absolute Gasteiger partial charge is 0.119 e. The highest BCUT2D eigenvalue weighted by atomic mass is 32.1. The summed E-state index contributed by atoms with van der Waals surface area (Å²) >= 11 is 1.46. The van der Waals surface area contributed by atoms with E-state index in [1.54, 1.807) is 12.6 Å². The van der Waals surface area contributed by atoms with Crippen LogP contribution in [0.2, 0.25) is 0 Å². The second-order valence-electron chi connectivity index (χ2n) is 3.99. The Morgan fingerprint density at radius 3 is 2.61 bits per heavy atom. The van der Waals surface area contributed by atoms with Crippen LogP contribution in [0.15, 0.2) is 41.9 Å². The van der Waals surface area contributed by atoms with E-state index >= 15 is 0 Å². The molecule has 3 nitrogen and oxygen atoms in total. The number of fused-ring (bicyclic) bond motifs is 1. The van der Waals surface area contributed by atoms with Gasteiger partial charge in [0.05, 0.1) is 12.6 Å². The molecule has 3 aromatic rings. The zero-order valence-corrected chi connectivity index (χ0v) is 10.7. The first kappa shape index (κ1) is 11.0. The second kappa shape index (κ2) is 4.31. The van der Waals surface area contributed by atoms with E-state index in [-0.39, 0.29) is 0 Å². The van der Waals surface area contributed by atoms with Gasteiger partial charge in [-0.3, -0.25) is 0 Å². The number of rotatable bonds is 2. The van der Waals surface area contributed by atoms with E-state index in [9.17, 15) is 0 Å². The van der Waals surface area contributed by atoms with Crippen LogP contribution in [-0.4, -0.2) is 12.1 Å². The molecule has 0 bridgehead atoms. The van der Waals surface area contributed by atoms with Crippen molar-refractivity contribution in [3.8, 4) is 17.0 Å². The highest BCUT2D eigenvalue weighted by Crippen LogP contribution is 2.30. The molecule has 0 aliphatic carbocycles. The summed E-state index contributed by atoms with van der Waals surface area (Å²) in [6.45, 7) is 0. The van der Waals surface area contributed by atoms with Crippen molar-refractivity contribution in [2.75, 3.05) is 12.8 Å². The molecule has 0 fully saturated rings. The molecule has 0 aliphatic heterocycles. The van der Waals surface area contributed by atoms with Crippen LogP contribution in [0.4, 0.5) is 5.00 Å². The molecule has 18 heavy (non-hydrogen) atoms. The maximum Gasteiger partial charge on any atom is 0.119 e. The molecular formula is C14H12N2OS. The van der Waals surface area contributed by atoms with Crippen LogP contribution in [0.25, 0.3) is 22.0 Å². The summed E-state index contributed by atoms with van der Waals surface area (Å²) in [5, 5.41) is 3.05. The van der Waals surface area contributed by atoms with Crippen LogP contribution < -0.4 is 10.5 Å². The molecule has 4 heteroatoms. The monoisotopic (exact) mass is 256 g/mol. The quantitative estimate of drug-likeness (QED) is 0.762. The van der Waals surface area contributed by atoms with Crippen molar-refractivity contribution < 1.29 is 4.74 Å². The maximum atomic E-state index is 5.90. The summed E-state index contributed by atoms with van der Waals surface area (Å²) in [6, 6.07) is 12.2. The number of nitrogen functional groups attached to an aromatic ring is 1. The Morgan fingerprint density at radius 2 is 1.89 bits per heavy atom. The average Bonchev–Trinajstić information content (AvgIpc) is 2.84. The zero-order chi connectivity index (χ0) is 12.5. The normalized spacial score (nSPS) is 10.7. The van der Waals surface area contributed by atoms with Gasteiger partial charge in [-0.1, -0.05) is 18.2 Å². The number of aromatic nitrogens is 1. The van der Waals surface area contributed by atoms with Crippen molar-refractivity contribution in [3.05, 3.63) is 41.9 Å². The summed E-state index contributed by atoms with van der Waals surface area (Å²) in [4.78, 5) is 4.30. The van der Waals surface area contributed by atoms with Gasteiger partial charge in [-0.2, -0.15) is 0 Å². The lowest BCUT2D eigenvalue weighted by atomic mass is 10.1. The van der Waals surface area contributed by atoms with Crippen LogP contribution in [0.5, 0.6) is 5.75 Å². The fourth-order valence-corrected chi connectivity index (χ4v) is 2.52. The van der Waals surface area contributed by atoms with E-state index in [0.717, 1.165) is 32.8 Å². The zero-order valence-electron chi connectivity index (χ0n) is 9.88. The minimum Gasteiger partial charge on any atom is -0.497 e. The lowest BCUT2D eigenvalue weighted by molar-refractivity contribution is 0.415. The van der Waals surface area contributed by atoms with Crippen LogP contribution in [0.3, 0.4) is 0 Å². The van der Waals surface area contributed by atoms with Gasteiger partial charge < -0.3 is 10.5 Å². The van der Waals surface area contributed by atoms with Crippen LogP contribution in [0.1, 0.15) is 0 Å². The van der Waals surface area contributed by atoms with Crippen molar-refractivity contribution in [2.45, 2.75) is 0 Å². The number of nitrogens with zero attached hydrogens (tertiary/aromatic N) is 1. The van der Waals surface area contributed by atoms with Gasteiger partial charge >= 0.3 is 0 Å². The van der Waals surface area contributed by atoms with Crippen molar-refractivity contribution in [1.29, 1.82) is 0 Å². The maximum absolute atomic E-state index is 5.90. The summed E-state index contributed by atoms with van der Waals surface area (Å²) in [7, 11) is 1.67. The number of nitrogens with two attached hydrogens (primary N) is 1. The first-order valence-corrected chi connectivity index (χ1v) is 6.43. The van der Waals surface area contributed by atoms with Gasteiger partial charge in [-0.15, -0.1) is 11.3 Å². The molecule has 0 saturated carbocycles. The van der Waals surface area contributed by atoms with Gasteiger partial charge in [-0.25, -0.2) is 4.98 Å². The standard InChI is InChI=1S/C14H12N2OS/c1-17-12-5-4-9-6-11(3-2-10(9)7-12)13-14(15)18-8-16-13/h2-8H,15H2,1H3. The number of benzene rings is 2. The van der Waals surface area contributed by atoms with Gasteiger partial charge in [0.1, 0.15) is 16.4 Å². The first-order valence-electron chi connectivity index (χ1n) is 5.55. The van der Waals surface area contributed by atoms with Gasteiger partial charge in [0.2, 0.25) is 0 Å². The Bertz CT molecular complexity index is 706. The Hall–Kier alpha value is -2.07. The number of thiazole rings is 1. The predicted molar refractivity (Wildman–Crippen MR) is 76.0 cm³/mol. The molecule has 2 aromatic carbocycles. The molecule has 0 atom stereocenters. The van der Waals surface area contributed by atoms with Crippen molar-refractivity contribution in [3.63, 3.8) is 0 Å². The highest BCUT2D eigenvalue weighted by molar-refractivity contribution is 7.14. The van der Waals surface area contributed by atoms with Crippen LogP contribution in [0, 0.1) is 0 Å². The SMILES string of the molecule is COc1ccc2cc(-c3ncsc3N)ccc2c1. The molecule has 0 saturated heterocycles. The van der Waals surface area contributed by atoms with Gasteiger partial charge in [0.25, 0.3) is 0 Å². The minimum absolute atomic E-state index is 0.753. The van der Waals surface area contributed by atoms with Gasteiger partial charge in [-0.05, 0) is 29.0 Å². The molecule has 0 radical (unpaired) electrons. The third-order valence-corrected chi connectivity index (χ3v) is 3.57. The second-order valence-corrected chi connectivity index (χ2v) is 4.88. The summed E-state index contributed by atoms with van der Waals surface area (Å²) < 4.78 is 5.21. The largest absolute Gasteiger partial charge is 0.497 e. The van der Waals surface area contributed by atoms with Crippen LogP contribution >= 0.6 is 11.3 Å². The van der Waals surface area contributed by atoms with E-state index in [4.69, 9.17) is 10.5 Å². The van der Waals surface area contributed by atoms with Gasteiger partial charge in [0.15, 0.2) is 0 Å². The Kier molecular flexibility index (Phi) is 2.64. The van der Waals surface area contributed by atoms with Crippen molar-refractivity contribution >= 4 is 27.1 Å². The number of methoxy groups -OCH3 is 1. The summed E-state index contributed by atoms with van der Waals surface area (Å²) in [5.74, 6) is 0.864. The minimum atomic E-state index is 0.753. The van der Waals surface area contributed by atoms with Crippen LogP contribution in [-0.2, 0) is 0 Å². The Labute approximate surface area is 109 Å². The topological polar surface area (TPSA) is 48.1 Å². The molecule has 0 amide bonds. The Morgan fingerprint density at radius 1 is 1.11 bits per heavy atom. The molecule has 0 aliphatic rings. The Balaban J connectivity index is 2.15. The predicted octanol–water partition coefficient (Wildman–Crippen LogP) is 3.55. The van der Waals surface area contributed by atoms with E-state index in [2.05, 4.69) is 17.1 Å². The molecular weight excluding hydrogens is 244 g/mol. The molecule has 1 heterocycles. The molecule has 0 unspecified atom stereocenters. The lowest BCUT2D eigenvalue weighted by Gasteiger charge is -2.04. The molecule has 3 rings (SSSR count). The highest BCUT2D eigenvalue weighted by Gasteiger charge is 2.06. The molecule has 2 N–H and O–H groups in total. The number of anilines is 1. The fraction of sp³-hybridized carbons (Fsp3) is 0.0714. The van der Waals surface area contributed by atoms with Gasteiger partial charge in [0, 0.05) is 5.56 Å². The van der Waals surface area contributed by atoms with E-state index in [1.165, 1.54) is 11.3 Å². The molecule has 1 aromatic heterocycles. The summed E-state index contributed by atoms with van der Waals surface area (Å²) in [5.41, 5.74) is 9.57. The fourth-order valence-electron chi connectivity index (χ4n) is 1.97. The molecule has 90 valence electrons. The van der Waals surface area contributed by atoms with Crippen molar-refractivity contribution in [2.24, 2.45) is 0 Å². The third kappa shape index (κ3) is 1.80.